The number of nitro groups is 1. The Bertz CT molecular complexity index is 476. The van der Waals surface area contributed by atoms with Gasteiger partial charge in [0, 0.05) is 23.6 Å². The van der Waals surface area contributed by atoms with Gasteiger partial charge < -0.3 is 0 Å². The third kappa shape index (κ3) is 3.43. The molecule has 0 aromatic heterocycles. The van der Waals surface area contributed by atoms with Crippen molar-refractivity contribution in [3.05, 3.63) is 56.0 Å². The second-order valence-corrected chi connectivity index (χ2v) is 3.17. The zero-order valence-electron chi connectivity index (χ0n) is 8.70. The first-order valence-electron chi connectivity index (χ1n) is 4.57. The van der Waals surface area contributed by atoms with E-state index in [-0.39, 0.29) is 12.2 Å². The van der Waals surface area contributed by atoms with E-state index in [1.54, 1.807) is 19.1 Å². The highest BCUT2D eigenvalue weighted by atomic mass is 16.6. The maximum Gasteiger partial charge on any atom is 0.270 e. The van der Waals surface area contributed by atoms with Gasteiger partial charge in [-0.1, -0.05) is 23.3 Å². The fourth-order valence-corrected chi connectivity index (χ4v) is 1.27. The van der Waals surface area contributed by atoms with E-state index in [0.717, 1.165) is 11.1 Å². The first-order chi connectivity index (χ1) is 7.63. The molecule has 6 heteroatoms. The van der Waals surface area contributed by atoms with Gasteiger partial charge in [-0.05, 0) is 23.6 Å². The molecule has 0 aliphatic carbocycles. The Balaban J connectivity index is 2.92. The molecule has 16 heavy (non-hydrogen) atoms. The molecule has 6 nitrogen and oxygen atoms in total. The minimum absolute atomic E-state index is 0.0587. The molecule has 0 N–H and O–H groups in total. The number of non-ortho nitro benzene ring substituents is 1. The van der Waals surface area contributed by atoms with Crippen molar-refractivity contribution in [2.75, 3.05) is 6.54 Å². The van der Waals surface area contributed by atoms with Gasteiger partial charge in [0.1, 0.15) is 0 Å². The fraction of sp³-hybridized carbons (Fsp3) is 0.200. The van der Waals surface area contributed by atoms with Crippen LogP contribution in [0.5, 0.6) is 0 Å². The number of azide groups is 1. The summed E-state index contributed by atoms with van der Waals surface area (Å²) in [6.07, 6.45) is 3.34. The second-order valence-electron chi connectivity index (χ2n) is 3.17. The van der Waals surface area contributed by atoms with Crippen molar-refractivity contribution in [3.8, 4) is 0 Å². The number of nitrogens with zero attached hydrogens (tertiary/aromatic N) is 4. The van der Waals surface area contributed by atoms with Gasteiger partial charge in [-0.15, -0.1) is 0 Å². The highest BCUT2D eigenvalue weighted by Crippen LogP contribution is 2.17. The molecule has 0 saturated heterocycles. The van der Waals surface area contributed by atoms with E-state index < -0.39 is 4.92 Å². The predicted molar refractivity (Wildman–Crippen MR) is 60.9 cm³/mol. The van der Waals surface area contributed by atoms with Crippen molar-refractivity contribution in [2.24, 2.45) is 5.11 Å². The van der Waals surface area contributed by atoms with E-state index in [9.17, 15) is 10.1 Å². The molecular formula is C10H10N4O2. The van der Waals surface area contributed by atoms with Gasteiger partial charge in [-0.3, -0.25) is 10.1 Å². The minimum Gasteiger partial charge on any atom is -0.258 e. The molecule has 1 aromatic carbocycles. The summed E-state index contributed by atoms with van der Waals surface area (Å²) in [4.78, 5) is 12.8. The Morgan fingerprint density at radius 1 is 1.56 bits per heavy atom. The minimum atomic E-state index is -0.433. The number of benzene rings is 1. The molecule has 82 valence electrons. The van der Waals surface area contributed by atoms with Crippen molar-refractivity contribution in [3.63, 3.8) is 0 Å². The molecule has 0 unspecified atom stereocenters. The van der Waals surface area contributed by atoms with Crippen molar-refractivity contribution in [1.29, 1.82) is 0 Å². The average Bonchev–Trinajstić information content (AvgIpc) is 2.23. The van der Waals surface area contributed by atoms with E-state index in [0.29, 0.717) is 0 Å². The lowest BCUT2D eigenvalue weighted by atomic mass is 10.1. The molecule has 0 aliphatic rings. The highest BCUT2D eigenvalue weighted by Gasteiger charge is 2.05. The highest BCUT2D eigenvalue weighted by molar-refractivity contribution is 5.55. The Hall–Kier alpha value is -2.33. The summed E-state index contributed by atoms with van der Waals surface area (Å²) < 4.78 is 0. The van der Waals surface area contributed by atoms with Crippen molar-refractivity contribution in [2.45, 2.75) is 6.92 Å². The monoisotopic (exact) mass is 218 g/mol. The predicted octanol–water partition coefficient (Wildman–Crippen LogP) is 3.23. The van der Waals surface area contributed by atoms with E-state index in [1.807, 2.05) is 6.07 Å². The first-order valence-corrected chi connectivity index (χ1v) is 4.57. The van der Waals surface area contributed by atoms with Crippen LogP contribution in [0.4, 0.5) is 5.69 Å². The van der Waals surface area contributed by atoms with Crippen LogP contribution in [0.2, 0.25) is 0 Å². The zero-order valence-corrected chi connectivity index (χ0v) is 8.70. The van der Waals surface area contributed by atoms with Crippen LogP contribution in [-0.2, 0) is 0 Å². The summed E-state index contributed by atoms with van der Waals surface area (Å²) in [7, 11) is 0. The summed E-state index contributed by atoms with van der Waals surface area (Å²) in [6, 6.07) is 4.80. The van der Waals surface area contributed by atoms with Crippen LogP contribution in [0.25, 0.3) is 16.5 Å². The van der Waals surface area contributed by atoms with Gasteiger partial charge in [-0.2, -0.15) is 0 Å². The molecule has 0 radical (unpaired) electrons. The molecule has 0 heterocycles. The van der Waals surface area contributed by atoms with Crippen LogP contribution in [0.15, 0.2) is 29.4 Å². The lowest BCUT2D eigenvalue weighted by Crippen LogP contribution is -1.89. The van der Waals surface area contributed by atoms with Gasteiger partial charge >= 0.3 is 0 Å². The first kappa shape index (κ1) is 11.7. The van der Waals surface area contributed by atoms with Crippen molar-refractivity contribution in [1.82, 2.24) is 0 Å². The molecule has 1 aromatic rings. The van der Waals surface area contributed by atoms with Gasteiger partial charge in [0.15, 0.2) is 0 Å². The van der Waals surface area contributed by atoms with Crippen LogP contribution < -0.4 is 0 Å². The van der Waals surface area contributed by atoms with E-state index in [1.165, 1.54) is 12.1 Å². The smallest absolute Gasteiger partial charge is 0.258 e. The van der Waals surface area contributed by atoms with Gasteiger partial charge in [0.05, 0.1) is 4.92 Å². The molecule has 1 rings (SSSR count). The number of hydrogen-bond donors (Lipinski definition) is 0. The quantitative estimate of drug-likeness (QED) is 0.255. The third-order valence-electron chi connectivity index (χ3n) is 1.86. The second kappa shape index (κ2) is 5.53. The molecule has 0 saturated carbocycles. The summed E-state index contributed by atoms with van der Waals surface area (Å²) >= 11 is 0. The summed E-state index contributed by atoms with van der Waals surface area (Å²) in [5.74, 6) is 0. The number of nitro benzene ring substituents is 1. The van der Waals surface area contributed by atoms with Gasteiger partial charge in [-0.25, -0.2) is 0 Å². The number of aryl methyl sites for hydroxylation is 1. The SMILES string of the molecule is Cc1cc(C=CCN=[N+]=[N-])cc([N+](=O)[O-])c1. The third-order valence-corrected chi connectivity index (χ3v) is 1.86. The van der Waals surface area contributed by atoms with Crippen LogP contribution in [0.1, 0.15) is 11.1 Å². The lowest BCUT2D eigenvalue weighted by molar-refractivity contribution is -0.384. The van der Waals surface area contributed by atoms with Gasteiger partial charge in [0.2, 0.25) is 0 Å². The molecule has 0 fully saturated rings. The van der Waals surface area contributed by atoms with Crippen LogP contribution in [-0.4, -0.2) is 11.5 Å². The van der Waals surface area contributed by atoms with Crippen LogP contribution >= 0.6 is 0 Å². The van der Waals surface area contributed by atoms with E-state index >= 15 is 0 Å². The largest absolute Gasteiger partial charge is 0.270 e. The summed E-state index contributed by atoms with van der Waals surface area (Å²) in [5.41, 5.74) is 9.66. The molecule has 0 spiro atoms. The molecule has 0 amide bonds. The Labute approximate surface area is 92.0 Å². The van der Waals surface area contributed by atoms with Crippen molar-refractivity contribution < 1.29 is 4.92 Å². The Morgan fingerprint density at radius 2 is 2.31 bits per heavy atom. The standard InChI is InChI=1S/C10H10N4O2/c1-8-5-9(3-2-4-12-13-11)7-10(6-8)14(15)16/h2-3,5-7H,4H2,1H3. The average molecular weight is 218 g/mol. The normalized spacial score (nSPS) is 10.1. The summed E-state index contributed by atoms with van der Waals surface area (Å²) in [5, 5.41) is 13.9. The lowest BCUT2D eigenvalue weighted by Gasteiger charge is -1.97. The molecule has 0 aliphatic heterocycles. The topological polar surface area (TPSA) is 91.9 Å². The maximum atomic E-state index is 10.6. The van der Waals surface area contributed by atoms with E-state index in [2.05, 4.69) is 10.0 Å². The van der Waals surface area contributed by atoms with Crippen LogP contribution in [0.3, 0.4) is 0 Å². The fourth-order valence-electron chi connectivity index (χ4n) is 1.27. The Kier molecular flexibility index (Phi) is 4.06. The molecule has 0 atom stereocenters. The van der Waals surface area contributed by atoms with Crippen molar-refractivity contribution >= 4 is 11.8 Å². The zero-order chi connectivity index (χ0) is 12.0. The molecule has 0 bridgehead atoms. The van der Waals surface area contributed by atoms with Gasteiger partial charge in [0.25, 0.3) is 5.69 Å². The summed E-state index contributed by atoms with van der Waals surface area (Å²) in [6.45, 7) is 2.02. The number of hydrogen-bond acceptors (Lipinski definition) is 3. The Morgan fingerprint density at radius 3 is 2.94 bits per heavy atom. The number of rotatable bonds is 4. The van der Waals surface area contributed by atoms with Crippen LogP contribution in [0, 0.1) is 17.0 Å². The molecular weight excluding hydrogens is 208 g/mol. The maximum absolute atomic E-state index is 10.6. The van der Waals surface area contributed by atoms with E-state index in [4.69, 9.17) is 5.53 Å².